The fraction of sp³-hybridized carbons (Fsp3) is 0.222. The number of aromatic nitrogens is 1. The first kappa shape index (κ1) is 23.3. The Morgan fingerprint density at radius 3 is 2.33 bits per heavy atom. The van der Waals surface area contributed by atoms with Gasteiger partial charge < -0.3 is 4.74 Å². The molecule has 0 spiro atoms. The lowest BCUT2D eigenvalue weighted by Crippen LogP contribution is -1.98. The second kappa shape index (κ2) is 10.4. The van der Waals surface area contributed by atoms with Gasteiger partial charge in [0.1, 0.15) is 22.5 Å². The van der Waals surface area contributed by atoms with Crippen LogP contribution in [-0.4, -0.2) is 18.7 Å². The Balaban J connectivity index is 1.51. The molecular formula is C27H23ClF3NO. The third kappa shape index (κ3) is 5.37. The second-order valence-electron chi connectivity index (χ2n) is 8.00. The maximum absolute atomic E-state index is 15.1. The molecular weight excluding hydrogens is 447 g/mol. The quantitative estimate of drug-likeness (QED) is 0.199. The summed E-state index contributed by atoms with van der Waals surface area (Å²) in [4.78, 5) is 4.55. The molecule has 0 aliphatic carbocycles. The summed E-state index contributed by atoms with van der Waals surface area (Å²) in [6, 6.07) is 15.5. The van der Waals surface area contributed by atoms with Gasteiger partial charge in [0.05, 0.1) is 5.69 Å². The van der Waals surface area contributed by atoms with E-state index in [2.05, 4.69) is 4.98 Å². The van der Waals surface area contributed by atoms with E-state index in [1.54, 1.807) is 19.2 Å². The first-order valence-electron chi connectivity index (χ1n) is 10.7. The summed E-state index contributed by atoms with van der Waals surface area (Å²) in [6.07, 6.45) is 4.32. The Labute approximate surface area is 196 Å². The molecule has 0 fully saturated rings. The number of benzene rings is 3. The second-order valence-corrected chi connectivity index (χ2v) is 8.37. The molecule has 33 heavy (non-hydrogen) atoms. The average Bonchev–Trinajstić information content (AvgIpc) is 2.82. The van der Waals surface area contributed by atoms with Crippen LogP contribution in [0.1, 0.15) is 23.1 Å². The maximum atomic E-state index is 15.1. The molecule has 170 valence electrons. The molecule has 6 heteroatoms. The van der Waals surface area contributed by atoms with Crippen molar-refractivity contribution in [2.24, 2.45) is 0 Å². The Hall–Kier alpha value is -2.89. The topological polar surface area (TPSA) is 22.1 Å². The molecule has 4 rings (SSSR count). The fourth-order valence-electron chi connectivity index (χ4n) is 3.88. The summed E-state index contributed by atoms with van der Waals surface area (Å²) in [7, 11) is 1.69. The number of methoxy groups -OCH3 is 1. The predicted octanol–water partition coefficient (Wildman–Crippen LogP) is 7.34. The van der Waals surface area contributed by atoms with Gasteiger partial charge in [0, 0.05) is 30.9 Å². The minimum absolute atomic E-state index is 0.298. The van der Waals surface area contributed by atoms with Crippen LogP contribution in [0.25, 0.3) is 22.0 Å². The molecule has 0 saturated heterocycles. The highest BCUT2D eigenvalue weighted by Gasteiger charge is 2.12. The first-order chi connectivity index (χ1) is 16.0. The number of ether oxygens (including phenoxy) is 1. The Kier molecular flexibility index (Phi) is 7.31. The average molecular weight is 470 g/mol. The van der Waals surface area contributed by atoms with Crippen molar-refractivity contribution in [3.63, 3.8) is 0 Å². The van der Waals surface area contributed by atoms with Crippen molar-refractivity contribution < 1.29 is 17.9 Å². The van der Waals surface area contributed by atoms with Crippen LogP contribution in [0, 0.1) is 17.5 Å². The van der Waals surface area contributed by atoms with Crippen LogP contribution in [0.4, 0.5) is 13.2 Å². The highest BCUT2D eigenvalue weighted by molar-refractivity contribution is 6.30. The van der Waals surface area contributed by atoms with Gasteiger partial charge in [-0.2, -0.15) is 0 Å². The Bertz CT molecular complexity index is 1250. The SMILES string of the molecule is COCCCc1ccc(-c2ccc3c(F)c(CCc4cc(F)c(Cl)c(F)c4)ccc3c2)nc1. The van der Waals surface area contributed by atoms with E-state index in [9.17, 15) is 8.78 Å². The van der Waals surface area contributed by atoms with Crippen LogP contribution < -0.4 is 0 Å². The van der Waals surface area contributed by atoms with Crippen molar-refractivity contribution in [1.29, 1.82) is 0 Å². The number of nitrogens with zero attached hydrogens (tertiary/aromatic N) is 1. The summed E-state index contributed by atoms with van der Waals surface area (Å²) in [5.41, 5.74) is 3.80. The molecule has 0 amide bonds. The smallest absolute Gasteiger partial charge is 0.145 e. The van der Waals surface area contributed by atoms with E-state index in [1.807, 2.05) is 36.5 Å². The molecule has 0 aliphatic rings. The lowest BCUT2D eigenvalue weighted by Gasteiger charge is -2.10. The van der Waals surface area contributed by atoms with Crippen molar-refractivity contribution in [2.75, 3.05) is 13.7 Å². The molecule has 3 aromatic carbocycles. The van der Waals surface area contributed by atoms with Gasteiger partial charge in [-0.05, 0) is 72.0 Å². The summed E-state index contributed by atoms with van der Waals surface area (Å²) >= 11 is 5.53. The summed E-state index contributed by atoms with van der Waals surface area (Å²) < 4.78 is 47.5. The van der Waals surface area contributed by atoms with Gasteiger partial charge in [0.25, 0.3) is 0 Å². The van der Waals surface area contributed by atoms with E-state index in [1.165, 1.54) is 12.1 Å². The number of rotatable bonds is 8. The van der Waals surface area contributed by atoms with Gasteiger partial charge >= 0.3 is 0 Å². The van der Waals surface area contributed by atoms with Gasteiger partial charge in [-0.15, -0.1) is 0 Å². The highest BCUT2D eigenvalue weighted by atomic mass is 35.5. The normalized spacial score (nSPS) is 11.3. The Morgan fingerprint density at radius 1 is 0.848 bits per heavy atom. The molecule has 0 saturated carbocycles. The van der Waals surface area contributed by atoms with Crippen molar-refractivity contribution in [1.82, 2.24) is 4.98 Å². The van der Waals surface area contributed by atoms with Crippen LogP contribution in [0.5, 0.6) is 0 Å². The molecule has 0 N–H and O–H groups in total. The van der Waals surface area contributed by atoms with E-state index >= 15 is 4.39 Å². The highest BCUT2D eigenvalue weighted by Crippen LogP contribution is 2.28. The minimum atomic E-state index is -0.810. The van der Waals surface area contributed by atoms with Gasteiger partial charge in [0.2, 0.25) is 0 Å². The van der Waals surface area contributed by atoms with Crippen LogP contribution in [0.2, 0.25) is 5.02 Å². The third-order valence-corrected chi connectivity index (χ3v) is 6.06. The minimum Gasteiger partial charge on any atom is -0.385 e. The van der Waals surface area contributed by atoms with Crippen LogP contribution in [0.15, 0.2) is 60.8 Å². The number of hydrogen-bond acceptors (Lipinski definition) is 2. The van der Waals surface area contributed by atoms with Crippen molar-refractivity contribution in [3.05, 3.63) is 100.0 Å². The number of hydrogen-bond donors (Lipinski definition) is 0. The molecule has 0 unspecified atom stereocenters. The molecule has 0 radical (unpaired) electrons. The zero-order valence-electron chi connectivity index (χ0n) is 18.2. The number of pyridine rings is 1. The monoisotopic (exact) mass is 469 g/mol. The van der Waals surface area contributed by atoms with Gasteiger partial charge in [0.15, 0.2) is 0 Å². The molecule has 1 aromatic heterocycles. The number of halogens is 4. The molecule has 4 aromatic rings. The number of fused-ring (bicyclic) bond motifs is 1. The Morgan fingerprint density at radius 2 is 1.64 bits per heavy atom. The van der Waals surface area contributed by atoms with E-state index in [4.69, 9.17) is 16.3 Å². The lowest BCUT2D eigenvalue weighted by atomic mass is 9.98. The molecule has 0 atom stereocenters. The summed E-state index contributed by atoms with van der Waals surface area (Å²) in [5.74, 6) is -1.94. The van der Waals surface area contributed by atoms with Crippen molar-refractivity contribution in [2.45, 2.75) is 25.7 Å². The van der Waals surface area contributed by atoms with Crippen LogP contribution in [0.3, 0.4) is 0 Å². The van der Waals surface area contributed by atoms with Crippen molar-refractivity contribution >= 4 is 22.4 Å². The predicted molar refractivity (Wildman–Crippen MR) is 126 cm³/mol. The fourth-order valence-corrected chi connectivity index (χ4v) is 3.99. The summed E-state index contributed by atoms with van der Waals surface area (Å²) in [6.45, 7) is 0.716. The van der Waals surface area contributed by atoms with Crippen LogP contribution in [-0.2, 0) is 24.0 Å². The molecule has 0 bridgehead atoms. The zero-order valence-corrected chi connectivity index (χ0v) is 18.9. The summed E-state index contributed by atoms with van der Waals surface area (Å²) in [5, 5.41) is 0.742. The first-order valence-corrected chi connectivity index (χ1v) is 11.1. The van der Waals surface area contributed by atoms with E-state index in [0.29, 0.717) is 36.0 Å². The van der Waals surface area contributed by atoms with E-state index in [-0.39, 0.29) is 5.82 Å². The standard InChI is InChI=1S/C27H23ClF3NO/c1-33-12-2-3-17-5-11-25(32-16-17)21-9-10-22-20(15-21)8-7-19(27(22)31)6-4-18-13-23(29)26(28)24(30)14-18/h5,7-11,13-16H,2-4,6,12H2,1H3. The van der Waals surface area contributed by atoms with Gasteiger partial charge in [-0.1, -0.05) is 41.9 Å². The van der Waals surface area contributed by atoms with Crippen LogP contribution >= 0.6 is 11.6 Å². The maximum Gasteiger partial charge on any atom is 0.145 e. The van der Waals surface area contributed by atoms with E-state index < -0.39 is 16.7 Å². The number of aryl methyl sites for hydroxylation is 3. The van der Waals surface area contributed by atoms with Crippen molar-refractivity contribution in [3.8, 4) is 11.3 Å². The van der Waals surface area contributed by atoms with E-state index in [0.717, 1.165) is 35.0 Å². The molecule has 2 nitrogen and oxygen atoms in total. The lowest BCUT2D eigenvalue weighted by molar-refractivity contribution is 0.195. The molecule has 1 heterocycles. The molecule has 0 aliphatic heterocycles. The largest absolute Gasteiger partial charge is 0.385 e. The van der Waals surface area contributed by atoms with Gasteiger partial charge in [-0.25, -0.2) is 13.2 Å². The van der Waals surface area contributed by atoms with Gasteiger partial charge in [-0.3, -0.25) is 4.98 Å². The zero-order chi connectivity index (χ0) is 23.4. The third-order valence-electron chi connectivity index (χ3n) is 5.70.